The summed E-state index contributed by atoms with van der Waals surface area (Å²) in [6, 6.07) is 5.74. The van der Waals surface area contributed by atoms with Gasteiger partial charge in [0.05, 0.1) is 19.2 Å². The average Bonchev–Trinajstić information content (AvgIpc) is 2.67. The molecule has 0 fully saturated rings. The molecule has 0 saturated carbocycles. The maximum Gasteiger partial charge on any atom is 0.178 e. The molecule has 0 bridgehead atoms. The number of nitrogens with zero attached hydrogens (tertiary/aromatic N) is 1. The van der Waals surface area contributed by atoms with Crippen LogP contribution in [0.25, 0.3) is 10.9 Å². The second-order valence-corrected chi connectivity index (χ2v) is 3.99. The number of Topliss-reactive ketones (excluding diaryl/α,β-unsaturated/α-hetero) is 1. The second-order valence-electron chi connectivity index (χ2n) is 3.99. The Kier molecular flexibility index (Phi) is 3.15. The van der Waals surface area contributed by atoms with E-state index in [-0.39, 0.29) is 5.78 Å². The van der Waals surface area contributed by atoms with Gasteiger partial charge in [-0.25, -0.2) is 0 Å². The Bertz CT molecular complexity index is 558. The first kappa shape index (κ1) is 11.7. The van der Waals surface area contributed by atoms with Gasteiger partial charge in [0.1, 0.15) is 5.75 Å². The van der Waals surface area contributed by atoms with Crippen LogP contribution in [0.3, 0.4) is 0 Å². The highest BCUT2D eigenvalue weighted by Gasteiger charge is 2.13. The lowest BCUT2D eigenvalue weighted by Gasteiger charge is -2.01. The zero-order valence-corrected chi connectivity index (χ0v) is 10.3. The fourth-order valence-corrected chi connectivity index (χ4v) is 1.97. The molecular weight excluding hydrogens is 216 g/mol. The van der Waals surface area contributed by atoms with Crippen LogP contribution in [0, 0.1) is 0 Å². The fraction of sp³-hybridized carbons (Fsp3) is 0.308. The van der Waals surface area contributed by atoms with Crippen LogP contribution >= 0.6 is 0 Å². The largest absolute Gasteiger partial charge is 0.497 e. The molecule has 1 heterocycles. The number of ether oxygens (including phenoxy) is 1. The van der Waals surface area contributed by atoms with E-state index >= 15 is 0 Å². The molecule has 0 aliphatic carbocycles. The van der Waals surface area contributed by atoms with Gasteiger partial charge < -0.3 is 14.6 Å². The van der Waals surface area contributed by atoms with Crippen molar-refractivity contribution in [1.29, 1.82) is 0 Å². The van der Waals surface area contributed by atoms with E-state index in [2.05, 4.69) is 5.32 Å². The van der Waals surface area contributed by atoms with E-state index < -0.39 is 0 Å². The number of nitrogens with one attached hydrogen (secondary N) is 1. The first-order valence-electron chi connectivity index (χ1n) is 5.48. The molecule has 0 saturated heterocycles. The van der Waals surface area contributed by atoms with Crippen molar-refractivity contribution in [3.05, 3.63) is 30.0 Å². The Balaban J connectivity index is 2.56. The first-order valence-corrected chi connectivity index (χ1v) is 5.48. The van der Waals surface area contributed by atoms with Gasteiger partial charge in [-0.1, -0.05) is 0 Å². The Morgan fingerprint density at radius 1 is 1.47 bits per heavy atom. The minimum Gasteiger partial charge on any atom is -0.497 e. The number of carbonyl (C=O) groups is 1. The van der Waals surface area contributed by atoms with Crippen LogP contribution in [-0.2, 0) is 7.05 Å². The van der Waals surface area contributed by atoms with Gasteiger partial charge in [-0.3, -0.25) is 4.79 Å². The number of carbonyl (C=O) groups excluding carboxylic acids is 1. The number of ketones is 1. The predicted octanol–water partition coefficient (Wildman–Crippen LogP) is 1.59. The van der Waals surface area contributed by atoms with Gasteiger partial charge in [0.25, 0.3) is 0 Å². The molecule has 2 rings (SSSR count). The Labute approximate surface area is 100 Å². The van der Waals surface area contributed by atoms with E-state index in [1.54, 1.807) is 14.2 Å². The Hall–Kier alpha value is -1.81. The van der Waals surface area contributed by atoms with Gasteiger partial charge in [-0.05, 0) is 19.2 Å². The van der Waals surface area contributed by atoms with E-state index in [0.29, 0.717) is 6.54 Å². The van der Waals surface area contributed by atoms with Crippen molar-refractivity contribution in [2.75, 3.05) is 20.7 Å². The smallest absolute Gasteiger partial charge is 0.178 e. The molecule has 0 spiro atoms. The predicted molar refractivity (Wildman–Crippen MR) is 67.7 cm³/mol. The lowest BCUT2D eigenvalue weighted by molar-refractivity contribution is 0.0995. The monoisotopic (exact) mass is 232 g/mol. The van der Waals surface area contributed by atoms with Crippen molar-refractivity contribution in [3.63, 3.8) is 0 Å². The summed E-state index contributed by atoms with van der Waals surface area (Å²) in [6.45, 7) is 0.352. The van der Waals surface area contributed by atoms with Crippen LogP contribution in [0.4, 0.5) is 0 Å². The number of fused-ring (bicyclic) bond motifs is 1. The standard InChI is InChI=1S/C13H16N2O2/c1-14-7-13(16)11-8-15(2)12-6-9(17-3)4-5-10(11)12/h4-6,8,14H,7H2,1-3H3. The molecule has 0 atom stereocenters. The van der Waals surface area contributed by atoms with E-state index in [9.17, 15) is 4.79 Å². The van der Waals surface area contributed by atoms with Gasteiger partial charge in [-0.2, -0.15) is 0 Å². The highest BCUT2D eigenvalue weighted by molar-refractivity contribution is 6.09. The van der Waals surface area contributed by atoms with Crippen molar-refractivity contribution in [2.45, 2.75) is 0 Å². The van der Waals surface area contributed by atoms with Crippen molar-refractivity contribution in [1.82, 2.24) is 9.88 Å². The quantitative estimate of drug-likeness (QED) is 0.814. The maximum absolute atomic E-state index is 11.9. The Morgan fingerprint density at radius 3 is 2.88 bits per heavy atom. The van der Waals surface area contributed by atoms with Gasteiger partial charge in [0.2, 0.25) is 0 Å². The molecule has 2 aromatic rings. The van der Waals surface area contributed by atoms with Crippen LogP contribution in [0.2, 0.25) is 0 Å². The van der Waals surface area contributed by atoms with Crippen molar-refractivity contribution in [2.24, 2.45) is 7.05 Å². The molecule has 17 heavy (non-hydrogen) atoms. The molecule has 1 aromatic heterocycles. The van der Waals surface area contributed by atoms with Gasteiger partial charge in [-0.15, -0.1) is 0 Å². The highest BCUT2D eigenvalue weighted by Crippen LogP contribution is 2.25. The minimum atomic E-state index is 0.100. The molecule has 1 aromatic carbocycles. The number of aryl methyl sites for hydroxylation is 1. The summed E-state index contributed by atoms with van der Waals surface area (Å²) < 4.78 is 7.13. The molecule has 0 radical (unpaired) electrons. The number of likely N-dealkylation sites (N-methyl/N-ethyl adjacent to an activating group) is 1. The lowest BCUT2D eigenvalue weighted by atomic mass is 10.1. The molecular formula is C13H16N2O2. The molecule has 90 valence electrons. The summed E-state index contributed by atoms with van der Waals surface area (Å²) in [6.07, 6.45) is 1.86. The van der Waals surface area contributed by atoms with Crippen LogP contribution in [0.5, 0.6) is 5.75 Å². The number of rotatable bonds is 4. The summed E-state index contributed by atoms with van der Waals surface area (Å²) in [4.78, 5) is 11.9. The van der Waals surface area contributed by atoms with Crippen molar-refractivity contribution < 1.29 is 9.53 Å². The summed E-state index contributed by atoms with van der Waals surface area (Å²) in [7, 11) is 5.33. The number of hydrogen-bond acceptors (Lipinski definition) is 3. The topological polar surface area (TPSA) is 43.3 Å². The molecule has 4 nitrogen and oxygen atoms in total. The number of hydrogen-bond donors (Lipinski definition) is 1. The highest BCUT2D eigenvalue weighted by atomic mass is 16.5. The molecule has 4 heteroatoms. The minimum absolute atomic E-state index is 0.100. The van der Waals surface area contributed by atoms with Gasteiger partial charge in [0, 0.05) is 30.3 Å². The zero-order chi connectivity index (χ0) is 12.4. The second kappa shape index (κ2) is 4.59. The van der Waals surface area contributed by atoms with Gasteiger partial charge in [0.15, 0.2) is 5.78 Å². The average molecular weight is 232 g/mol. The zero-order valence-electron chi connectivity index (χ0n) is 10.3. The number of methoxy groups -OCH3 is 1. The molecule has 1 N–H and O–H groups in total. The van der Waals surface area contributed by atoms with E-state index in [4.69, 9.17) is 4.74 Å². The maximum atomic E-state index is 11.9. The number of benzene rings is 1. The van der Waals surface area contributed by atoms with E-state index in [1.807, 2.05) is 36.0 Å². The van der Waals surface area contributed by atoms with Crippen LogP contribution in [0.1, 0.15) is 10.4 Å². The first-order chi connectivity index (χ1) is 8.17. The Morgan fingerprint density at radius 2 is 2.24 bits per heavy atom. The van der Waals surface area contributed by atoms with Crippen molar-refractivity contribution >= 4 is 16.7 Å². The summed E-state index contributed by atoms with van der Waals surface area (Å²) >= 11 is 0. The normalized spacial score (nSPS) is 10.8. The van der Waals surface area contributed by atoms with Crippen LogP contribution < -0.4 is 10.1 Å². The third-order valence-corrected chi connectivity index (χ3v) is 2.84. The fourth-order valence-electron chi connectivity index (χ4n) is 1.97. The molecule has 0 amide bonds. The lowest BCUT2D eigenvalue weighted by Crippen LogP contribution is -2.18. The van der Waals surface area contributed by atoms with E-state index in [0.717, 1.165) is 22.2 Å². The summed E-state index contributed by atoms with van der Waals surface area (Å²) in [5.74, 6) is 0.898. The van der Waals surface area contributed by atoms with Crippen molar-refractivity contribution in [3.8, 4) is 5.75 Å². The SMILES string of the molecule is CNCC(=O)c1cn(C)c2cc(OC)ccc12. The van der Waals surface area contributed by atoms with Gasteiger partial charge >= 0.3 is 0 Å². The van der Waals surface area contributed by atoms with E-state index in [1.165, 1.54) is 0 Å². The third kappa shape index (κ3) is 2.03. The molecule has 0 aliphatic rings. The summed E-state index contributed by atoms with van der Waals surface area (Å²) in [5.41, 5.74) is 1.75. The van der Waals surface area contributed by atoms with Crippen LogP contribution in [-0.4, -0.2) is 31.1 Å². The molecule has 0 unspecified atom stereocenters. The third-order valence-electron chi connectivity index (χ3n) is 2.84. The number of aromatic nitrogens is 1. The summed E-state index contributed by atoms with van der Waals surface area (Å²) in [5, 5.41) is 3.85. The van der Waals surface area contributed by atoms with Crippen LogP contribution in [0.15, 0.2) is 24.4 Å². The molecule has 0 aliphatic heterocycles.